The van der Waals surface area contributed by atoms with Gasteiger partial charge in [-0.2, -0.15) is 0 Å². The molecule has 2 rings (SSSR count). The summed E-state index contributed by atoms with van der Waals surface area (Å²) in [5.41, 5.74) is 1.37. The van der Waals surface area contributed by atoms with E-state index < -0.39 is 0 Å². The molecule has 1 aliphatic carbocycles. The van der Waals surface area contributed by atoms with E-state index in [0.29, 0.717) is 11.6 Å². The number of para-hydroxylation sites is 1. The smallest absolute Gasteiger partial charge is 0.253 e. The molecular formula is C15H21N3O2. The molecular weight excluding hydrogens is 254 g/mol. The average molecular weight is 275 g/mol. The molecule has 0 bridgehead atoms. The Balaban J connectivity index is 1.88. The van der Waals surface area contributed by atoms with Gasteiger partial charge in [-0.1, -0.05) is 19.1 Å². The molecule has 5 nitrogen and oxygen atoms in total. The van der Waals surface area contributed by atoms with E-state index in [4.69, 9.17) is 0 Å². The Hall–Kier alpha value is -2.04. The zero-order chi connectivity index (χ0) is 14.4. The van der Waals surface area contributed by atoms with Crippen LogP contribution < -0.4 is 16.0 Å². The predicted octanol–water partition coefficient (Wildman–Crippen LogP) is 1.52. The maximum Gasteiger partial charge on any atom is 0.253 e. The van der Waals surface area contributed by atoms with Crippen LogP contribution in [-0.4, -0.2) is 30.9 Å². The molecule has 108 valence electrons. The zero-order valence-corrected chi connectivity index (χ0v) is 11.7. The fourth-order valence-electron chi connectivity index (χ4n) is 1.86. The highest BCUT2D eigenvalue weighted by molar-refractivity contribution is 6.01. The molecule has 0 aliphatic heterocycles. The molecule has 20 heavy (non-hydrogen) atoms. The van der Waals surface area contributed by atoms with Crippen molar-refractivity contribution >= 4 is 17.5 Å². The third-order valence-electron chi connectivity index (χ3n) is 3.09. The number of hydrogen-bond donors (Lipinski definition) is 3. The van der Waals surface area contributed by atoms with Gasteiger partial charge in [-0.3, -0.25) is 9.59 Å². The van der Waals surface area contributed by atoms with E-state index >= 15 is 0 Å². The summed E-state index contributed by atoms with van der Waals surface area (Å²) in [6.07, 6.45) is 3.08. The van der Waals surface area contributed by atoms with Gasteiger partial charge in [0.15, 0.2) is 0 Å². The SMILES string of the molecule is CCCNc1ccccc1C(=O)NCC(=O)NC1CC1. The van der Waals surface area contributed by atoms with Crippen molar-refractivity contribution in [1.29, 1.82) is 0 Å². The molecule has 1 fully saturated rings. The highest BCUT2D eigenvalue weighted by Crippen LogP contribution is 2.18. The van der Waals surface area contributed by atoms with Crippen molar-refractivity contribution in [2.24, 2.45) is 0 Å². The van der Waals surface area contributed by atoms with Crippen LogP contribution >= 0.6 is 0 Å². The van der Waals surface area contributed by atoms with E-state index in [1.54, 1.807) is 6.07 Å². The second kappa shape index (κ2) is 6.93. The topological polar surface area (TPSA) is 70.2 Å². The summed E-state index contributed by atoms with van der Waals surface area (Å²) in [6.45, 7) is 2.90. The highest BCUT2D eigenvalue weighted by atomic mass is 16.2. The van der Waals surface area contributed by atoms with Gasteiger partial charge in [0.2, 0.25) is 5.91 Å². The molecule has 0 radical (unpaired) electrons. The lowest BCUT2D eigenvalue weighted by Crippen LogP contribution is -2.38. The molecule has 3 N–H and O–H groups in total. The quantitative estimate of drug-likeness (QED) is 0.706. The molecule has 0 aromatic heterocycles. The van der Waals surface area contributed by atoms with Crippen molar-refractivity contribution in [2.45, 2.75) is 32.2 Å². The first kappa shape index (κ1) is 14.4. The van der Waals surface area contributed by atoms with Crippen molar-refractivity contribution in [3.8, 4) is 0 Å². The maximum atomic E-state index is 12.1. The van der Waals surface area contributed by atoms with Gasteiger partial charge in [-0.15, -0.1) is 0 Å². The third-order valence-corrected chi connectivity index (χ3v) is 3.09. The summed E-state index contributed by atoms with van der Waals surface area (Å²) in [7, 11) is 0. The summed E-state index contributed by atoms with van der Waals surface area (Å²) >= 11 is 0. The molecule has 1 aliphatic rings. The second-order valence-electron chi connectivity index (χ2n) is 5.00. The van der Waals surface area contributed by atoms with Crippen LogP contribution in [0.5, 0.6) is 0 Å². The van der Waals surface area contributed by atoms with Crippen molar-refractivity contribution in [3.63, 3.8) is 0 Å². The number of amides is 2. The number of anilines is 1. The van der Waals surface area contributed by atoms with E-state index in [2.05, 4.69) is 22.9 Å². The van der Waals surface area contributed by atoms with Crippen molar-refractivity contribution < 1.29 is 9.59 Å². The van der Waals surface area contributed by atoms with Crippen LogP contribution in [0.3, 0.4) is 0 Å². The Morgan fingerprint density at radius 1 is 1.25 bits per heavy atom. The van der Waals surface area contributed by atoms with Crippen molar-refractivity contribution in [1.82, 2.24) is 10.6 Å². The van der Waals surface area contributed by atoms with Crippen LogP contribution in [0.15, 0.2) is 24.3 Å². The second-order valence-corrected chi connectivity index (χ2v) is 5.00. The predicted molar refractivity (Wildman–Crippen MR) is 78.7 cm³/mol. The Kier molecular flexibility index (Phi) is 4.98. The fraction of sp³-hybridized carbons (Fsp3) is 0.467. The van der Waals surface area contributed by atoms with Gasteiger partial charge >= 0.3 is 0 Å². The van der Waals surface area contributed by atoms with Gasteiger partial charge in [-0.05, 0) is 31.4 Å². The van der Waals surface area contributed by atoms with Gasteiger partial charge in [0.25, 0.3) is 5.91 Å². The lowest BCUT2D eigenvalue weighted by Gasteiger charge is -2.11. The van der Waals surface area contributed by atoms with Gasteiger partial charge in [0.1, 0.15) is 0 Å². The Labute approximate surface area is 119 Å². The van der Waals surface area contributed by atoms with Crippen LogP contribution in [0.25, 0.3) is 0 Å². The molecule has 1 saturated carbocycles. The number of nitrogens with one attached hydrogen (secondary N) is 3. The normalized spacial score (nSPS) is 13.7. The molecule has 2 amide bonds. The summed E-state index contributed by atoms with van der Waals surface area (Å²) in [5.74, 6) is -0.352. The minimum atomic E-state index is -0.227. The van der Waals surface area contributed by atoms with Crippen LogP contribution in [0.2, 0.25) is 0 Å². The van der Waals surface area contributed by atoms with E-state index in [-0.39, 0.29) is 18.4 Å². The van der Waals surface area contributed by atoms with Crippen LogP contribution in [0, 0.1) is 0 Å². The van der Waals surface area contributed by atoms with Crippen LogP contribution in [-0.2, 0) is 4.79 Å². The average Bonchev–Trinajstić information content (AvgIpc) is 3.26. The summed E-state index contributed by atoms with van der Waals surface area (Å²) in [4.78, 5) is 23.6. The molecule has 0 unspecified atom stereocenters. The first-order chi connectivity index (χ1) is 9.70. The van der Waals surface area contributed by atoms with E-state index in [0.717, 1.165) is 31.5 Å². The van der Waals surface area contributed by atoms with Gasteiger partial charge in [0.05, 0.1) is 12.1 Å². The number of hydrogen-bond acceptors (Lipinski definition) is 3. The number of carbonyl (C=O) groups is 2. The van der Waals surface area contributed by atoms with E-state index in [1.807, 2.05) is 18.2 Å². The van der Waals surface area contributed by atoms with Crippen LogP contribution in [0.1, 0.15) is 36.5 Å². The monoisotopic (exact) mass is 275 g/mol. The lowest BCUT2D eigenvalue weighted by atomic mass is 10.1. The molecule has 0 atom stereocenters. The Bertz CT molecular complexity index is 484. The third kappa shape index (κ3) is 4.26. The molecule has 0 heterocycles. The van der Waals surface area contributed by atoms with E-state index in [1.165, 1.54) is 0 Å². The number of rotatable bonds is 7. The molecule has 1 aromatic carbocycles. The highest BCUT2D eigenvalue weighted by Gasteiger charge is 2.23. The molecule has 0 saturated heterocycles. The zero-order valence-electron chi connectivity index (χ0n) is 11.7. The fourth-order valence-corrected chi connectivity index (χ4v) is 1.86. The van der Waals surface area contributed by atoms with Gasteiger partial charge in [0, 0.05) is 18.3 Å². The van der Waals surface area contributed by atoms with Crippen LogP contribution in [0.4, 0.5) is 5.69 Å². The van der Waals surface area contributed by atoms with Crippen molar-refractivity contribution in [3.05, 3.63) is 29.8 Å². The summed E-state index contributed by atoms with van der Waals surface area (Å²) < 4.78 is 0. The first-order valence-electron chi connectivity index (χ1n) is 7.11. The first-order valence-corrected chi connectivity index (χ1v) is 7.11. The summed E-state index contributed by atoms with van der Waals surface area (Å²) in [5, 5.41) is 8.71. The van der Waals surface area contributed by atoms with E-state index in [9.17, 15) is 9.59 Å². The minimum absolute atomic E-state index is 0.0252. The summed E-state index contributed by atoms with van der Waals surface area (Å²) in [6, 6.07) is 7.64. The largest absolute Gasteiger partial charge is 0.384 e. The number of carbonyl (C=O) groups excluding carboxylic acids is 2. The lowest BCUT2D eigenvalue weighted by molar-refractivity contribution is -0.120. The molecule has 1 aromatic rings. The minimum Gasteiger partial charge on any atom is -0.384 e. The van der Waals surface area contributed by atoms with Gasteiger partial charge in [-0.25, -0.2) is 0 Å². The molecule has 0 spiro atoms. The molecule has 5 heteroatoms. The van der Waals surface area contributed by atoms with Gasteiger partial charge < -0.3 is 16.0 Å². The Morgan fingerprint density at radius 3 is 2.70 bits per heavy atom. The standard InChI is InChI=1S/C15H21N3O2/c1-2-9-16-13-6-4-3-5-12(13)15(20)17-10-14(19)18-11-7-8-11/h3-6,11,16H,2,7-10H2,1H3,(H,17,20)(H,18,19). The maximum absolute atomic E-state index is 12.1. The number of benzene rings is 1. The Morgan fingerprint density at radius 2 is 2.00 bits per heavy atom. The van der Waals surface area contributed by atoms with Crippen molar-refractivity contribution in [2.75, 3.05) is 18.4 Å².